The van der Waals surface area contributed by atoms with Crippen molar-refractivity contribution >= 4 is 17.3 Å². The van der Waals surface area contributed by atoms with Crippen molar-refractivity contribution in [2.45, 2.75) is 38.2 Å². The summed E-state index contributed by atoms with van der Waals surface area (Å²) in [5.41, 5.74) is -0.132. The molecule has 0 aliphatic carbocycles. The predicted molar refractivity (Wildman–Crippen MR) is 114 cm³/mol. The van der Waals surface area contributed by atoms with Gasteiger partial charge in [0.2, 0.25) is 5.95 Å². The van der Waals surface area contributed by atoms with E-state index in [0.717, 1.165) is 35.7 Å². The molecule has 0 radical (unpaired) electrons. The highest BCUT2D eigenvalue weighted by atomic mass is 32.1. The highest BCUT2D eigenvalue weighted by molar-refractivity contribution is 7.11. The number of benzene rings is 1. The molecule has 1 fully saturated rings. The Hall–Kier alpha value is -2.65. The number of hydrogen-bond donors (Lipinski definition) is 1. The molecule has 0 bridgehead atoms. The number of aromatic nitrogens is 3. The van der Waals surface area contributed by atoms with Gasteiger partial charge in [-0.05, 0) is 38.0 Å². The number of hydrogen-bond acceptors (Lipinski definition) is 7. The van der Waals surface area contributed by atoms with E-state index in [2.05, 4.69) is 19.9 Å². The third kappa shape index (κ3) is 4.99. The molecule has 1 N–H and O–H groups in total. The zero-order chi connectivity index (χ0) is 21.8. The molecule has 2 aromatic heterocycles. The van der Waals surface area contributed by atoms with E-state index in [-0.39, 0.29) is 5.75 Å². The van der Waals surface area contributed by atoms with Gasteiger partial charge in [-0.1, -0.05) is 0 Å². The van der Waals surface area contributed by atoms with Crippen molar-refractivity contribution in [3.05, 3.63) is 63.9 Å². The Kier molecular flexibility index (Phi) is 6.43. The molecule has 31 heavy (non-hydrogen) atoms. The summed E-state index contributed by atoms with van der Waals surface area (Å²) in [6.45, 7) is 3.65. The lowest BCUT2D eigenvalue weighted by atomic mass is 9.96. The minimum absolute atomic E-state index is 0.284. The van der Waals surface area contributed by atoms with Gasteiger partial charge in [0.05, 0.1) is 12.3 Å². The van der Waals surface area contributed by atoms with Crippen molar-refractivity contribution in [2.24, 2.45) is 0 Å². The zero-order valence-corrected chi connectivity index (χ0v) is 18.0. The summed E-state index contributed by atoms with van der Waals surface area (Å²) in [7, 11) is 0. The van der Waals surface area contributed by atoms with Gasteiger partial charge in [-0.3, -0.25) is 0 Å². The van der Waals surface area contributed by atoms with Crippen molar-refractivity contribution < 1.29 is 18.6 Å². The lowest BCUT2D eigenvalue weighted by molar-refractivity contribution is 0.0241. The van der Waals surface area contributed by atoms with E-state index in [1.807, 2.05) is 6.92 Å². The van der Waals surface area contributed by atoms with Gasteiger partial charge in [0.15, 0.2) is 11.6 Å². The second-order valence-electron chi connectivity index (χ2n) is 7.62. The average molecular weight is 447 g/mol. The van der Waals surface area contributed by atoms with Crippen LogP contribution in [0.15, 0.2) is 36.7 Å². The van der Waals surface area contributed by atoms with Crippen LogP contribution in [0.4, 0.5) is 14.7 Å². The van der Waals surface area contributed by atoms with Crippen LogP contribution < -0.4 is 9.64 Å². The minimum atomic E-state index is -0.988. The summed E-state index contributed by atoms with van der Waals surface area (Å²) in [5, 5.41) is 12.1. The second-order valence-corrected chi connectivity index (χ2v) is 8.71. The van der Waals surface area contributed by atoms with Crippen molar-refractivity contribution in [3.8, 4) is 5.75 Å². The maximum absolute atomic E-state index is 13.3. The van der Waals surface area contributed by atoms with Gasteiger partial charge in [0.25, 0.3) is 0 Å². The van der Waals surface area contributed by atoms with E-state index in [4.69, 9.17) is 4.74 Å². The smallest absolute Gasteiger partial charge is 0.225 e. The minimum Gasteiger partial charge on any atom is -0.493 e. The van der Waals surface area contributed by atoms with Crippen molar-refractivity contribution in [3.63, 3.8) is 0 Å². The van der Waals surface area contributed by atoms with E-state index in [9.17, 15) is 13.9 Å². The summed E-state index contributed by atoms with van der Waals surface area (Å²) >= 11 is 1.49. The fraction of sp³-hybridized carbons (Fsp3) is 0.409. The van der Waals surface area contributed by atoms with Crippen LogP contribution in [0.2, 0.25) is 0 Å². The average Bonchev–Trinajstić information content (AvgIpc) is 3.02. The standard InChI is InChI=1S/C22H24F2N4O2S/c1-15-19(6-13-30-16-4-5-17(23)18(24)14-16)31-20(27-15)22(29)7-2-11-28(12-8-22)21-25-9-3-10-26-21/h3-5,9-10,14,29H,2,6-8,11-13H2,1H3/t22-/m1/s1. The molecule has 1 saturated heterocycles. The summed E-state index contributed by atoms with van der Waals surface area (Å²) < 4.78 is 31.9. The zero-order valence-electron chi connectivity index (χ0n) is 17.2. The molecule has 0 spiro atoms. The van der Waals surface area contributed by atoms with Crippen molar-refractivity contribution in [1.29, 1.82) is 0 Å². The molecule has 1 atom stereocenters. The van der Waals surface area contributed by atoms with Gasteiger partial charge >= 0.3 is 0 Å². The molecule has 1 aliphatic heterocycles. The van der Waals surface area contributed by atoms with E-state index >= 15 is 0 Å². The number of nitrogens with zero attached hydrogens (tertiary/aromatic N) is 4. The first-order valence-electron chi connectivity index (χ1n) is 10.2. The summed E-state index contributed by atoms with van der Waals surface area (Å²) in [5.74, 6) is -0.868. The molecule has 0 unspecified atom stereocenters. The molecule has 3 heterocycles. The molecular weight excluding hydrogens is 422 g/mol. The Balaban J connectivity index is 1.39. The molecule has 164 valence electrons. The second kappa shape index (κ2) is 9.23. The van der Waals surface area contributed by atoms with Crippen molar-refractivity contribution in [1.82, 2.24) is 15.0 Å². The normalized spacial score (nSPS) is 19.3. The highest BCUT2D eigenvalue weighted by Crippen LogP contribution is 2.37. The topological polar surface area (TPSA) is 71.4 Å². The summed E-state index contributed by atoms with van der Waals surface area (Å²) in [4.78, 5) is 16.4. The highest BCUT2D eigenvalue weighted by Gasteiger charge is 2.35. The fourth-order valence-corrected chi connectivity index (χ4v) is 4.86. The van der Waals surface area contributed by atoms with Crippen LogP contribution in [0.1, 0.15) is 34.8 Å². The molecule has 1 aromatic carbocycles. The van der Waals surface area contributed by atoms with Crippen LogP contribution in [0.3, 0.4) is 0 Å². The Morgan fingerprint density at radius 3 is 2.74 bits per heavy atom. The molecule has 0 amide bonds. The van der Waals surface area contributed by atoms with E-state index < -0.39 is 17.2 Å². The van der Waals surface area contributed by atoms with Gasteiger partial charge < -0.3 is 14.7 Å². The first kappa shape index (κ1) is 21.6. The number of rotatable bonds is 6. The predicted octanol–water partition coefficient (Wildman–Crippen LogP) is 4.02. The largest absolute Gasteiger partial charge is 0.493 e. The maximum atomic E-state index is 13.3. The van der Waals surface area contributed by atoms with Crippen LogP contribution in [0.5, 0.6) is 5.75 Å². The quantitative estimate of drug-likeness (QED) is 0.617. The van der Waals surface area contributed by atoms with Crippen LogP contribution in [0, 0.1) is 18.6 Å². The summed E-state index contributed by atoms with van der Waals surface area (Å²) in [6, 6.07) is 5.27. The molecule has 6 nitrogen and oxygen atoms in total. The van der Waals surface area contributed by atoms with E-state index in [1.165, 1.54) is 17.4 Å². The van der Waals surface area contributed by atoms with Crippen LogP contribution in [-0.2, 0) is 12.0 Å². The number of aliphatic hydroxyl groups is 1. The Morgan fingerprint density at radius 1 is 1.16 bits per heavy atom. The molecule has 3 aromatic rings. The molecule has 9 heteroatoms. The number of aryl methyl sites for hydroxylation is 1. The lowest BCUT2D eigenvalue weighted by Crippen LogP contribution is -2.30. The Bertz CT molecular complexity index is 1030. The van der Waals surface area contributed by atoms with Crippen LogP contribution in [-0.4, -0.2) is 39.8 Å². The van der Waals surface area contributed by atoms with Gasteiger partial charge in [0, 0.05) is 49.3 Å². The monoisotopic (exact) mass is 446 g/mol. The van der Waals surface area contributed by atoms with Crippen molar-refractivity contribution in [2.75, 3.05) is 24.6 Å². The molecule has 4 rings (SSSR count). The fourth-order valence-electron chi connectivity index (χ4n) is 3.67. The van der Waals surface area contributed by atoms with Gasteiger partial charge in [-0.15, -0.1) is 11.3 Å². The van der Waals surface area contributed by atoms with E-state index in [0.29, 0.717) is 43.4 Å². The third-order valence-electron chi connectivity index (χ3n) is 5.43. The maximum Gasteiger partial charge on any atom is 0.225 e. The van der Waals surface area contributed by atoms with Crippen LogP contribution in [0.25, 0.3) is 0 Å². The van der Waals surface area contributed by atoms with Crippen LogP contribution >= 0.6 is 11.3 Å². The third-order valence-corrected chi connectivity index (χ3v) is 6.84. The molecule has 1 aliphatic rings. The molecule has 0 saturated carbocycles. The Morgan fingerprint density at radius 2 is 1.97 bits per heavy atom. The number of thiazole rings is 1. The van der Waals surface area contributed by atoms with Gasteiger partial charge in [-0.2, -0.15) is 0 Å². The van der Waals surface area contributed by atoms with Gasteiger partial charge in [0.1, 0.15) is 16.4 Å². The SMILES string of the molecule is Cc1nc([C@@]2(O)CCCN(c3ncccn3)CC2)sc1CCOc1ccc(F)c(F)c1. The first-order valence-corrected chi connectivity index (χ1v) is 11.1. The first-order chi connectivity index (χ1) is 14.9. The van der Waals surface area contributed by atoms with E-state index in [1.54, 1.807) is 18.5 Å². The molecular formula is C22H24F2N4O2S. The number of halogens is 2. The summed E-state index contributed by atoms with van der Waals surface area (Å²) in [6.07, 6.45) is 5.98. The Labute approximate surface area is 183 Å². The van der Waals surface area contributed by atoms with Gasteiger partial charge in [-0.25, -0.2) is 23.7 Å². The number of anilines is 1. The number of ether oxygens (including phenoxy) is 1. The lowest BCUT2D eigenvalue weighted by Gasteiger charge is -2.24.